The molecule has 250 valence electrons. The quantitative estimate of drug-likeness (QED) is 0.0572. The zero-order valence-electron chi connectivity index (χ0n) is 25.7. The van der Waals surface area contributed by atoms with Gasteiger partial charge in [-0.25, -0.2) is 9.69 Å². The van der Waals surface area contributed by atoms with Crippen LogP contribution in [0.1, 0.15) is 22.3 Å². The van der Waals surface area contributed by atoms with E-state index in [1.54, 1.807) is 12.1 Å². The Hall–Kier alpha value is -6.44. The number of carbonyl (C=O) groups is 3. The molecule has 4 aromatic rings. The van der Waals surface area contributed by atoms with E-state index in [1.807, 2.05) is 30.3 Å². The molecule has 0 spiro atoms. The Balaban J connectivity index is 1.45. The van der Waals surface area contributed by atoms with Gasteiger partial charge in [0, 0.05) is 11.6 Å². The monoisotopic (exact) mass is 673 g/mol. The highest BCUT2D eigenvalue weighted by molar-refractivity contribution is 6.39. The van der Waals surface area contributed by atoms with Crippen LogP contribution < -0.4 is 24.4 Å². The van der Waals surface area contributed by atoms with E-state index in [2.05, 4.69) is 11.9 Å². The molecule has 0 aromatic heterocycles. The summed E-state index contributed by atoms with van der Waals surface area (Å²) in [4.78, 5) is 50.6. The van der Waals surface area contributed by atoms with Crippen LogP contribution in [0.2, 0.25) is 0 Å². The summed E-state index contributed by atoms with van der Waals surface area (Å²) >= 11 is 0. The molecule has 0 saturated carbocycles. The van der Waals surface area contributed by atoms with Crippen LogP contribution in [-0.4, -0.2) is 29.9 Å². The summed E-state index contributed by atoms with van der Waals surface area (Å²) in [5.74, 6) is -1.98. The summed E-state index contributed by atoms with van der Waals surface area (Å²) in [6, 6.07) is 19.3. The summed E-state index contributed by atoms with van der Waals surface area (Å²) in [7, 11) is 1.25. The third-order valence-corrected chi connectivity index (χ3v) is 7.19. The molecule has 14 heteroatoms. The lowest BCUT2D eigenvalue weighted by atomic mass is 10.0. The van der Waals surface area contributed by atoms with Gasteiger partial charge in [0.1, 0.15) is 17.9 Å². The van der Waals surface area contributed by atoms with Gasteiger partial charge < -0.3 is 14.2 Å². The Labute approximate surface area is 277 Å². The van der Waals surface area contributed by atoms with Crippen LogP contribution in [0.5, 0.6) is 23.0 Å². The van der Waals surface area contributed by atoms with Gasteiger partial charge in [0.05, 0.1) is 23.3 Å². The van der Waals surface area contributed by atoms with Crippen molar-refractivity contribution in [2.45, 2.75) is 19.2 Å². The average molecular weight is 674 g/mol. The van der Waals surface area contributed by atoms with Crippen LogP contribution in [0, 0.1) is 10.1 Å². The third kappa shape index (κ3) is 7.59. The number of nitro benzene ring substituents is 1. The lowest BCUT2D eigenvalue weighted by Gasteiger charge is -2.26. The Bertz CT molecular complexity index is 1980. The maximum atomic E-state index is 13.5. The lowest BCUT2D eigenvalue weighted by Crippen LogP contribution is -2.54. The summed E-state index contributed by atoms with van der Waals surface area (Å²) in [5, 5.41) is 13.8. The number of nitrogens with one attached hydrogen (secondary N) is 1. The number of rotatable bonds is 11. The summed E-state index contributed by atoms with van der Waals surface area (Å²) in [6.45, 7) is 3.98. The fraction of sp³-hybridized carbons (Fsp3) is 0.114. The first kappa shape index (κ1) is 33.9. The van der Waals surface area contributed by atoms with Crippen molar-refractivity contribution >= 4 is 35.3 Å². The number of alkyl halides is 3. The van der Waals surface area contributed by atoms with Gasteiger partial charge in [0.2, 0.25) is 5.75 Å². The molecule has 11 nitrogen and oxygen atoms in total. The van der Waals surface area contributed by atoms with Crippen molar-refractivity contribution in [2.75, 3.05) is 12.0 Å². The van der Waals surface area contributed by atoms with E-state index in [0.29, 0.717) is 30.1 Å². The van der Waals surface area contributed by atoms with Gasteiger partial charge in [-0.05, 0) is 72.2 Å². The normalized spacial score (nSPS) is 14.0. The lowest BCUT2D eigenvalue weighted by molar-refractivity contribution is -0.385. The highest BCUT2D eigenvalue weighted by atomic mass is 19.4. The van der Waals surface area contributed by atoms with E-state index < -0.39 is 51.5 Å². The van der Waals surface area contributed by atoms with Crippen molar-refractivity contribution in [3.63, 3.8) is 0 Å². The fourth-order valence-electron chi connectivity index (χ4n) is 4.87. The molecule has 0 radical (unpaired) electrons. The van der Waals surface area contributed by atoms with E-state index in [0.717, 1.165) is 16.5 Å². The highest BCUT2D eigenvalue weighted by Crippen LogP contribution is 2.42. The number of nitro groups is 1. The van der Waals surface area contributed by atoms with E-state index in [1.165, 1.54) is 43.5 Å². The molecule has 1 N–H and O–H groups in total. The van der Waals surface area contributed by atoms with E-state index in [4.69, 9.17) is 14.2 Å². The molecule has 49 heavy (non-hydrogen) atoms. The van der Waals surface area contributed by atoms with Crippen LogP contribution in [0.4, 0.5) is 29.3 Å². The molecule has 1 aliphatic heterocycles. The van der Waals surface area contributed by atoms with Crippen molar-refractivity contribution in [1.29, 1.82) is 0 Å². The van der Waals surface area contributed by atoms with Gasteiger partial charge in [-0.3, -0.25) is 25.0 Å². The van der Waals surface area contributed by atoms with Crippen molar-refractivity contribution in [3.05, 3.63) is 136 Å². The maximum Gasteiger partial charge on any atom is 0.416 e. The number of anilines is 1. The van der Waals surface area contributed by atoms with Crippen LogP contribution in [0.15, 0.2) is 103 Å². The standard InChI is InChI=1S/C35H26F3N3O8/c1-3-7-23-16-22(18-30(47-2)31(23)49-29-15-10-24(35(36,37)38)19-28(29)41(45)46)17-27-32(42)39-34(44)40(33(27)43)25-11-13-26(14-12-25)48-20-21-8-5-4-6-9-21/h3-6,8-19H,1,7,20H2,2H3,(H,39,42,44)/b27-17+. The number of imide groups is 2. The molecule has 0 unspecified atom stereocenters. The Morgan fingerprint density at radius 3 is 2.31 bits per heavy atom. The number of nitrogens with zero attached hydrogens (tertiary/aromatic N) is 2. The SMILES string of the molecule is C=CCc1cc(/C=C2\C(=O)NC(=O)N(c3ccc(OCc4ccccc4)cc3)C2=O)cc(OC)c1Oc1ccc(C(F)(F)F)cc1[N+](=O)[O-]. The number of barbiturate groups is 1. The molecule has 5 rings (SSSR count). The molecule has 1 saturated heterocycles. The number of allylic oxidation sites excluding steroid dienone is 1. The van der Waals surface area contributed by atoms with Crippen molar-refractivity contribution in [1.82, 2.24) is 5.32 Å². The minimum absolute atomic E-state index is 0.0249. The minimum atomic E-state index is -4.83. The maximum absolute atomic E-state index is 13.5. The summed E-state index contributed by atoms with van der Waals surface area (Å²) in [6.07, 6.45) is -2.06. The number of ether oxygens (including phenoxy) is 3. The molecule has 4 amide bonds. The molecule has 0 bridgehead atoms. The summed E-state index contributed by atoms with van der Waals surface area (Å²) < 4.78 is 56.6. The molecular formula is C35H26F3N3O8. The number of benzene rings is 4. The van der Waals surface area contributed by atoms with Crippen molar-refractivity contribution < 1.29 is 46.7 Å². The Morgan fingerprint density at radius 2 is 1.67 bits per heavy atom. The van der Waals surface area contributed by atoms with Crippen molar-refractivity contribution in [2.24, 2.45) is 0 Å². The minimum Gasteiger partial charge on any atom is -0.493 e. The second-order valence-corrected chi connectivity index (χ2v) is 10.5. The zero-order valence-corrected chi connectivity index (χ0v) is 25.7. The van der Waals surface area contributed by atoms with Gasteiger partial charge in [-0.1, -0.05) is 36.4 Å². The first-order valence-electron chi connectivity index (χ1n) is 14.4. The largest absolute Gasteiger partial charge is 0.493 e. The zero-order chi connectivity index (χ0) is 35.3. The van der Waals surface area contributed by atoms with Crippen LogP contribution in [-0.2, 0) is 28.8 Å². The number of hydrogen-bond acceptors (Lipinski definition) is 8. The topological polar surface area (TPSA) is 137 Å². The average Bonchev–Trinajstić information content (AvgIpc) is 3.07. The van der Waals surface area contributed by atoms with Gasteiger partial charge >= 0.3 is 17.9 Å². The van der Waals surface area contributed by atoms with E-state index >= 15 is 0 Å². The predicted molar refractivity (Wildman–Crippen MR) is 171 cm³/mol. The number of halogens is 3. The number of hydrogen-bond donors (Lipinski definition) is 1. The van der Waals surface area contributed by atoms with Crippen LogP contribution in [0.25, 0.3) is 6.08 Å². The number of methoxy groups -OCH3 is 1. The van der Waals surface area contributed by atoms with Crippen molar-refractivity contribution in [3.8, 4) is 23.0 Å². The molecule has 4 aromatic carbocycles. The fourth-order valence-corrected chi connectivity index (χ4v) is 4.87. The van der Waals surface area contributed by atoms with Crippen LogP contribution in [0.3, 0.4) is 0 Å². The molecular weight excluding hydrogens is 647 g/mol. The smallest absolute Gasteiger partial charge is 0.416 e. The predicted octanol–water partition coefficient (Wildman–Crippen LogP) is 7.39. The number of amides is 4. The summed E-state index contributed by atoms with van der Waals surface area (Å²) in [5.41, 5.74) is -0.917. The second-order valence-electron chi connectivity index (χ2n) is 10.5. The molecule has 0 aliphatic carbocycles. The van der Waals surface area contributed by atoms with Gasteiger partial charge in [-0.15, -0.1) is 6.58 Å². The van der Waals surface area contributed by atoms with Crippen LogP contribution >= 0.6 is 0 Å². The molecule has 1 aliphatic rings. The Kier molecular flexibility index (Phi) is 9.78. The van der Waals surface area contributed by atoms with Gasteiger partial charge in [0.15, 0.2) is 11.5 Å². The Morgan fingerprint density at radius 1 is 0.959 bits per heavy atom. The highest BCUT2D eigenvalue weighted by Gasteiger charge is 2.37. The first-order chi connectivity index (χ1) is 23.4. The van der Waals surface area contributed by atoms with Gasteiger partial charge in [0.25, 0.3) is 11.8 Å². The molecule has 1 heterocycles. The van der Waals surface area contributed by atoms with E-state index in [9.17, 15) is 37.7 Å². The first-order valence-corrected chi connectivity index (χ1v) is 14.4. The van der Waals surface area contributed by atoms with Gasteiger partial charge in [-0.2, -0.15) is 13.2 Å². The third-order valence-electron chi connectivity index (χ3n) is 7.19. The number of urea groups is 1. The van der Waals surface area contributed by atoms with E-state index in [-0.39, 0.29) is 29.2 Å². The molecule has 0 atom stereocenters. The number of carbonyl (C=O) groups excluding carboxylic acids is 3. The second kappa shape index (κ2) is 14.1. The molecule has 1 fully saturated rings.